The first-order chi connectivity index (χ1) is 15.9. The Morgan fingerprint density at radius 2 is 1.88 bits per heavy atom. The molecule has 3 aromatic rings. The number of rotatable bonds is 8. The van der Waals surface area contributed by atoms with E-state index in [1.165, 1.54) is 24.3 Å². The number of amides is 1. The molecule has 0 radical (unpaired) electrons. The van der Waals surface area contributed by atoms with Crippen molar-refractivity contribution in [3.05, 3.63) is 92.3 Å². The smallest absolute Gasteiger partial charge is 0.266 e. The van der Waals surface area contributed by atoms with E-state index in [-0.39, 0.29) is 11.3 Å². The van der Waals surface area contributed by atoms with Crippen molar-refractivity contribution in [2.75, 3.05) is 11.9 Å². The number of carbonyl (C=O) groups is 1. The molecular formula is C26H22FIN2O3. The van der Waals surface area contributed by atoms with Crippen LogP contribution in [0.1, 0.15) is 23.6 Å². The number of para-hydroxylation sites is 1. The molecular weight excluding hydrogens is 534 g/mol. The van der Waals surface area contributed by atoms with Crippen molar-refractivity contribution in [1.29, 1.82) is 5.26 Å². The number of ether oxygens (including phenoxy) is 2. The van der Waals surface area contributed by atoms with Crippen LogP contribution >= 0.6 is 22.6 Å². The van der Waals surface area contributed by atoms with Crippen molar-refractivity contribution < 1.29 is 18.7 Å². The molecule has 0 atom stereocenters. The second-order valence-corrected chi connectivity index (χ2v) is 8.24. The van der Waals surface area contributed by atoms with Crippen LogP contribution in [0.2, 0.25) is 0 Å². The van der Waals surface area contributed by atoms with Crippen molar-refractivity contribution in [3.63, 3.8) is 0 Å². The highest BCUT2D eigenvalue weighted by atomic mass is 127. The fourth-order valence-electron chi connectivity index (χ4n) is 3.06. The third-order valence-corrected chi connectivity index (χ3v) is 5.56. The molecule has 3 rings (SSSR count). The maximum atomic E-state index is 13.9. The van der Waals surface area contributed by atoms with E-state index in [1.807, 2.05) is 44.2 Å². The number of carbonyl (C=O) groups excluding carboxylic acids is 1. The molecule has 0 saturated heterocycles. The summed E-state index contributed by atoms with van der Waals surface area (Å²) >= 11 is 2.13. The first-order valence-corrected chi connectivity index (χ1v) is 11.3. The van der Waals surface area contributed by atoms with Crippen molar-refractivity contribution in [2.45, 2.75) is 20.5 Å². The largest absolute Gasteiger partial charge is 0.490 e. The normalized spacial score (nSPS) is 10.9. The Hall–Kier alpha value is -3.38. The average molecular weight is 556 g/mol. The Kier molecular flexibility index (Phi) is 8.44. The topological polar surface area (TPSA) is 71.3 Å². The third kappa shape index (κ3) is 6.33. The molecule has 0 saturated carbocycles. The lowest BCUT2D eigenvalue weighted by molar-refractivity contribution is -0.112. The van der Waals surface area contributed by atoms with Gasteiger partial charge in [0.25, 0.3) is 5.91 Å². The Bertz CT molecular complexity index is 1230. The van der Waals surface area contributed by atoms with Gasteiger partial charge in [-0.2, -0.15) is 5.26 Å². The van der Waals surface area contributed by atoms with Crippen LogP contribution in [0.5, 0.6) is 11.5 Å². The summed E-state index contributed by atoms with van der Waals surface area (Å²) in [5.74, 6) is -0.176. The summed E-state index contributed by atoms with van der Waals surface area (Å²) in [7, 11) is 0. The van der Waals surface area contributed by atoms with Gasteiger partial charge in [0.15, 0.2) is 11.5 Å². The minimum Gasteiger partial charge on any atom is -0.490 e. The van der Waals surface area contributed by atoms with Crippen molar-refractivity contribution in [2.24, 2.45) is 0 Å². The van der Waals surface area contributed by atoms with Crippen LogP contribution < -0.4 is 14.8 Å². The molecule has 0 aliphatic rings. The van der Waals surface area contributed by atoms with Crippen LogP contribution in [0.15, 0.2) is 66.2 Å². The zero-order valence-electron chi connectivity index (χ0n) is 18.2. The number of halogens is 2. The van der Waals surface area contributed by atoms with E-state index in [1.54, 1.807) is 18.2 Å². The van der Waals surface area contributed by atoms with E-state index in [4.69, 9.17) is 9.47 Å². The number of benzene rings is 3. The molecule has 0 aliphatic heterocycles. The summed E-state index contributed by atoms with van der Waals surface area (Å²) in [5.41, 5.74) is 2.63. The molecule has 0 aliphatic carbocycles. The summed E-state index contributed by atoms with van der Waals surface area (Å²) in [6.45, 7) is 4.69. The standard InChI is InChI=1S/C26H22FIN2O3/c1-3-32-24-14-18(12-20(15-29)26(31)30-23-11-7-6-10-21(23)27)13-22(28)25(24)33-16-19-9-5-4-8-17(19)2/h4-14H,3,16H2,1-2H3,(H,30,31)/b20-12+. The summed E-state index contributed by atoms with van der Waals surface area (Å²) in [5, 5.41) is 11.9. The zero-order valence-corrected chi connectivity index (χ0v) is 20.4. The molecule has 0 fully saturated rings. The van der Waals surface area contributed by atoms with E-state index in [9.17, 15) is 14.4 Å². The van der Waals surface area contributed by atoms with Gasteiger partial charge in [-0.15, -0.1) is 0 Å². The third-order valence-electron chi connectivity index (χ3n) is 4.76. The van der Waals surface area contributed by atoms with Crippen molar-refractivity contribution in [3.8, 4) is 17.6 Å². The second-order valence-electron chi connectivity index (χ2n) is 7.08. The lowest BCUT2D eigenvalue weighted by atomic mass is 10.1. The summed E-state index contributed by atoms with van der Waals surface area (Å²) in [6, 6.07) is 19.1. The average Bonchev–Trinajstić information content (AvgIpc) is 2.79. The van der Waals surface area contributed by atoms with E-state index < -0.39 is 11.7 Å². The summed E-state index contributed by atoms with van der Waals surface area (Å²) < 4.78 is 26.5. The SMILES string of the molecule is CCOc1cc(/C=C(\C#N)C(=O)Nc2ccccc2F)cc(I)c1OCc1ccccc1C. The predicted octanol–water partition coefficient (Wildman–Crippen LogP) is 6.26. The molecule has 5 nitrogen and oxygen atoms in total. The maximum absolute atomic E-state index is 13.9. The van der Waals surface area contributed by atoms with E-state index >= 15 is 0 Å². The molecule has 168 valence electrons. The van der Waals surface area contributed by atoms with Crippen LogP contribution in [0.25, 0.3) is 6.08 Å². The molecule has 1 amide bonds. The van der Waals surface area contributed by atoms with Gasteiger partial charge in [-0.3, -0.25) is 4.79 Å². The van der Waals surface area contributed by atoms with E-state index in [2.05, 4.69) is 27.9 Å². The van der Waals surface area contributed by atoms with Crippen LogP contribution in [0.4, 0.5) is 10.1 Å². The monoisotopic (exact) mass is 556 g/mol. The number of aryl methyl sites for hydroxylation is 1. The zero-order chi connectivity index (χ0) is 23.8. The summed E-state index contributed by atoms with van der Waals surface area (Å²) in [4.78, 5) is 12.5. The number of hydrogen-bond donors (Lipinski definition) is 1. The Labute approximate surface area is 206 Å². The summed E-state index contributed by atoms with van der Waals surface area (Å²) in [6.07, 6.45) is 1.44. The Balaban J connectivity index is 1.87. The van der Waals surface area contributed by atoms with Gasteiger partial charge in [-0.25, -0.2) is 4.39 Å². The van der Waals surface area contributed by atoms with Crippen molar-refractivity contribution >= 4 is 40.3 Å². The molecule has 1 N–H and O–H groups in total. The van der Waals surface area contributed by atoms with E-state index in [0.717, 1.165) is 14.7 Å². The number of nitriles is 1. The van der Waals surface area contributed by atoms with Crippen LogP contribution in [0, 0.1) is 27.6 Å². The van der Waals surface area contributed by atoms with Crippen LogP contribution in [-0.2, 0) is 11.4 Å². The molecule has 3 aromatic carbocycles. The second kappa shape index (κ2) is 11.5. The van der Waals surface area contributed by atoms with Gasteiger partial charge < -0.3 is 14.8 Å². The lowest BCUT2D eigenvalue weighted by Gasteiger charge is -2.16. The minimum absolute atomic E-state index is 0.00758. The first-order valence-electron chi connectivity index (χ1n) is 10.2. The number of anilines is 1. The van der Waals surface area contributed by atoms with Gasteiger partial charge in [-0.05, 0) is 83.5 Å². The number of nitrogens with zero attached hydrogens (tertiary/aromatic N) is 1. The number of nitrogens with one attached hydrogen (secondary N) is 1. The lowest BCUT2D eigenvalue weighted by Crippen LogP contribution is -2.14. The highest BCUT2D eigenvalue weighted by Crippen LogP contribution is 2.35. The molecule has 33 heavy (non-hydrogen) atoms. The van der Waals surface area contributed by atoms with Gasteiger partial charge in [0.1, 0.15) is 24.1 Å². The van der Waals surface area contributed by atoms with E-state index in [0.29, 0.717) is 30.3 Å². The number of hydrogen-bond acceptors (Lipinski definition) is 4. The Morgan fingerprint density at radius 1 is 1.15 bits per heavy atom. The highest BCUT2D eigenvalue weighted by Gasteiger charge is 2.16. The van der Waals surface area contributed by atoms with Gasteiger partial charge in [-0.1, -0.05) is 36.4 Å². The molecule has 0 bridgehead atoms. The maximum Gasteiger partial charge on any atom is 0.266 e. The molecule has 0 spiro atoms. The molecule has 7 heteroatoms. The molecule has 0 heterocycles. The Morgan fingerprint density at radius 3 is 2.58 bits per heavy atom. The molecule has 0 aromatic heterocycles. The first kappa shape index (κ1) is 24.3. The fourth-order valence-corrected chi connectivity index (χ4v) is 3.84. The highest BCUT2D eigenvalue weighted by molar-refractivity contribution is 14.1. The minimum atomic E-state index is -0.699. The quantitative estimate of drug-likeness (QED) is 0.202. The van der Waals surface area contributed by atoms with Gasteiger partial charge in [0.2, 0.25) is 0 Å². The van der Waals surface area contributed by atoms with Crippen LogP contribution in [-0.4, -0.2) is 12.5 Å². The van der Waals surface area contributed by atoms with Gasteiger partial charge >= 0.3 is 0 Å². The van der Waals surface area contributed by atoms with Crippen molar-refractivity contribution in [1.82, 2.24) is 0 Å². The van der Waals surface area contributed by atoms with Gasteiger partial charge in [0.05, 0.1) is 15.9 Å². The van der Waals surface area contributed by atoms with Gasteiger partial charge in [0, 0.05) is 0 Å². The fraction of sp³-hybridized carbons (Fsp3) is 0.154. The predicted molar refractivity (Wildman–Crippen MR) is 134 cm³/mol. The van der Waals surface area contributed by atoms with Crippen LogP contribution in [0.3, 0.4) is 0 Å². The molecule has 0 unspecified atom stereocenters.